The molecule has 0 saturated carbocycles. The highest BCUT2D eigenvalue weighted by molar-refractivity contribution is 6.18. The van der Waals surface area contributed by atoms with E-state index in [1.54, 1.807) is 0 Å². The van der Waals surface area contributed by atoms with Crippen LogP contribution in [0.5, 0.6) is 0 Å². The summed E-state index contributed by atoms with van der Waals surface area (Å²) in [6.45, 7) is 5.81. The topological polar surface area (TPSA) is 29.5 Å². The van der Waals surface area contributed by atoms with Crippen molar-refractivity contribution in [1.29, 1.82) is 0 Å². The highest BCUT2D eigenvalue weighted by Gasteiger charge is 2.40. The van der Waals surface area contributed by atoms with Crippen molar-refractivity contribution >= 4 is 17.5 Å². The van der Waals surface area contributed by atoms with Gasteiger partial charge in [0.2, 0.25) is 0 Å². The van der Waals surface area contributed by atoms with Crippen LogP contribution >= 0.6 is 11.6 Å². The molecule has 16 heavy (non-hydrogen) atoms. The van der Waals surface area contributed by atoms with Crippen LogP contribution in [0.15, 0.2) is 0 Å². The molecule has 2 heterocycles. The van der Waals surface area contributed by atoms with E-state index < -0.39 is 0 Å². The van der Waals surface area contributed by atoms with E-state index in [1.165, 1.54) is 0 Å². The average Bonchev–Trinajstić information content (AvgIpc) is 2.83. The molecule has 0 aliphatic carbocycles. The van der Waals surface area contributed by atoms with Gasteiger partial charge in [-0.3, -0.25) is 4.79 Å². The molecule has 0 aromatic rings. The van der Waals surface area contributed by atoms with Crippen LogP contribution in [-0.2, 0) is 9.53 Å². The van der Waals surface area contributed by atoms with Crippen molar-refractivity contribution in [2.75, 3.05) is 19.0 Å². The molecule has 2 aliphatic heterocycles. The van der Waals surface area contributed by atoms with E-state index in [0.717, 1.165) is 19.4 Å². The molecule has 0 aromatic carbocycles. The van der Waals surface area contributed by atoms with Gasteiger partial charge >= 0.3 is 0 Å². The molecule has 0 radical (unpaired) electrons. The van der Waals surface area contributed by atoms with Gasteiger partial charge in [0.15, 0.2) is 0 Å². The maximum Gasteiger partial charge on any atom is 0.252 e. The van der Waals surface area contributed by atoms with Crippen LogP contribution in [0.25, 0.3) is 0 Å². The molecule has 2 saturated heterocycles. The molecule has 2 rings (SSSR count). The van der Waals surface area contributed by atoms with Crippen LogP contribution in [0.2, 0.25) is 0 Å². The molecule has 0 spiro atoms. The number of hydrogen-bond acceptors (Lipinski definition) is 2. The van der Waals surface area contributed by atoms with Gasteiger partial charge in [0.05, 0.1) is 0 Å². The third kappa shape index (κ3) is 2.07. The smallest absolute Gasteiger partial charge is 0.252 e. The molecule has 0 bridgehead atoms. The minimum atomic E-state index is -0.226. The van der Waals surface area contributed by atoms with E-state index in [1.807, 2.05) is 4.90 Å². The monoisotopic (exact) mass is 245 g/mol. The molecule has 4 atom stereocenters. The number of carbonyl (C=O) groups excluding carboxylic acids is 1. The summed E-state index contributed by atoms with van der Waals surface area (Å²) >= 11 is 5.95. The number of hydrogen-bond donors (Lipinski definition) is 0. The Balaban J connectivity index is 2.04. The first-order valence-corrected chi connectivity index (χ1v) is 6.66. The fourth-order valence-corrected chi connectivity index (χ4v) is 3.16. The minimum Gasteiger partial charge on any atom is -0.368 e. The van der Waals surface area contributed by atoms with Crippen LogP contribution in [0.1, 0.15) is 26.7 Å². The van der Waals surface area contributed by atoms with E-state index in [4.69, 9.17) is 16.3 Å². The summed E-state index contributed by atoms with van der Waals surface area (Å²) in [4.78, 5) is 14.2. The van der Waals surface area contributed by atoms with Gasteiger partial charge in [0, 0.05) is 25.1 Å². The Hall–Kier alpha value is -0.280. The molecule has 0 aromatic heterocycles. The molecule has 4 heteroatoms. The van der Waals surface area contributed by atoms with Crippen molar-refractivity contribution in [3.63, 3.8) is 0 Å². The molecular formula is C12H20ClNO2. The Bertz CT molecular complexity index is 272. The Morgan fingerprint density at radius 3 is 2.69 bits per heavy atom. The van der Waals surface area contributed by atoms with Gasteiger partial charge in [-0.15, -0.1) is 11.6 Å². The maximum absolute atomic E-state index is 12.3. The van der Waals surface area contributed by atoms with Crippen LogP contribution < -0.4 is 0 Å². The van der Waals surface area contributed by atoms with Crippen LogP contribution in [0.4, 0.5) is 0 Å². The molecule has 2 aliphatic rings. The van der Waals surface area contributed by atoms with E-state index in [-0.39, 0.29) is 18.1 Å². The fourth-order valence-electron chi connectivity index (χ4n) is 2.69. The first-order chi connectivity index (χ1) is 7.65. The predicted molar refractivity (Wildman–Crippen MR) is 63.5 cm³/mol. The number of amides is 1. The Kier molecular flexibility index (Phi) is 3.75. The van der Waals surface area contributed by atoms with Crippen molar-refractivity contribution in [3.05, 3.63) is 0 Å². The maximum atomic E-state index is 12.3. The van der Waals surface area contributed by atoms with Crippen LogP contribution in [0, 0.1) is 11.8 Å². The summed E-state index contributed by atoms with van der Waals surface area (Å²) in [7, 11) is 0. The Labute approximate surface area is 102 Å². The minimum absolute atomic E-state index is 0.153. The Morgan fingerprint density at radius 2 is 2.12 bits per heavy atom. The lowest BCUT2D eigenvalue weighted by Crippen LogP contribution is -2.45. The average molecular weight is 246 g/mol. The zero-order chi connectivity index (χ0) is 11.7. The van der Waals surface area contributed by atoms with Crippen LogP contribution in [-0.4, -0.2) is 42.0 Å². The van der Waals surface area contributed by atoms with Gasteiger partial charge < -0.3 is 9.64 Å². The summed E-state index contributed by atoms with van der Waals surface area (Å²) < 4.78 is 5.53. The number of rotatable bonds is 2. The number of ether oxygens (including phenoxy) is 1. The van der Waals surface area contributed by atoms with Gasteiger partial charge in [0.1, 0.15) is 6.10 Å². The van der Waals surface area contributed by atoms with Crippen LogP contribution in [0.3, 0.4) is 0 Å². The molecule has 92 valence electrons. The second kappa shape index (κ2) is 4.92. The zero-order valence-electron chi connectivity index (χ0n) is 9.99. The van der Waals surface area contributed by atoms with E-state index >= 15 is 0 Å². The number of likely N-dealkylation sites (tertiary alicyclic amines) is 1. The first-order valence-electron chi connectivity index (χ1n) is 6.13. The third-order valence-corrected chi connectivity index (χ3v) is 4.27. The molecule has 3 nitrogen and oxygen atoms in total. The van der Waals surface area contributed by atoms with Crippen molar-refractivity contribution < 1.29 is 9.53 Å². The van der Waals surface area contributed by atoms with Crippen molar-refractivity contribution in [1.82, 2.24) is 4.90 Å². The molecule has 0 N–H and O–H groups in total. The number of alkyl halides is 1. The highest BCUT2D eigenvalue weighted by atomic mass is 35.5. The first kappa shape index (κ1) is 12.2. The standard InChI is InChI=1S/C12H20ClNO2/c1-8-3-5-14(10(8)7-13)12(15)11-9(2)4-6-16-11/h8-11H,3-7H2,1-2H3. The lowest BCUT2D eigenvalue weighted by atomic mass is 10.0. The Morgan fingerprint density at radius 1 is 1.38 bits per heavy atom. The summed E-state index contributed by atoms with van der Waals surface area (Å²) in [5, 5.41) is 0. The van der Waals surface area contributed by atoms with E-state index in [0.29, 0.717) is 24.3 Å². The highest BCUT2D eigenvalue weighted by Crippen LogP contribution is 2.29. The van der Waals surface area contributed by atoms with Gasteiger partial charge in [-0.2, -0.15) is 0 Å². The molecule has 4 unspecified atom stereocenters. The largest absolute Gasteiger partial charge is 0.368 e. The van der Waals surface area contributed by atoms with Crippen molar-refractivity contribution in [3.8, 4) is 0 Å². The lowest BCUT2D eigenvalue weighted by Gasteiger charge is -2.28. The number of carbonyl (C=O) groups is 1. The number of halogens is 1. The summed E-state index contributed by atoms with van der Waals surface area (Å²) in [6, 6.07) is 0.200. The molecule has 2 fully saturated rings. The van der Waals surface area contributed by atoms with Gasteiger partial charge in [-0.1, -0.05) is 13.8 Å². The molecular weight excluding hydrogens is 226 g/mol. The van der Waals surface area contributed by atoms with E-state index in [9.17, 15) is 4.79 Å². The SMILES string of the molecule is CC1CCOC1C(=O)N1CCC(C)C1CCl. The van der Waals surface area contributed by atoms with Crippen molar-refractivity contribution in [2.45, 2.75) is 38.8 Å². The lowest BCUT2D eigenvalue weighted by molar-refractivity contribution is -0.143. The normalized spacial score (nSPS) is 39.3. The van der Waals surface area contributed by atoms with Crippen molar-refractivity contribution in [2.24, 2.45) is 11.8 Å². The fraction of sp³-hybridized carbons (Fsp3) is 0.917. The molecule has 1 amide bonds. The summed E-state index contributed by atoms with van der Waals surface area (Å²) in [5.74, 6) is 1.55. The van der Waals surface area contributed by atoms with E-state index in [2.05, 4.69) is 13.8 Å². The zero-order valence-corrected chi connectivity index (χ0v) is 10.7. The van der Waals surface area contributed by atoms with Gasteiger partial charge in [-0.25, -0.2) is 0 Å². The van der Waals surface area contributed by atoms with Gasteiger partial charge in [0.25, 0.3) is 5.91 Å². The number of nitrogens with zero attached hydrogens (tertiary/aromatic N) is 1. The van der Waals surface area contributed by atoms with Gasteiger partial charge in [-0.05, 0) is 24.7 Å². The quantitative estimate of drug-likeness (QED) is 0.696. The summed E-state index contributed by atoms with van der Waals surface area (Å²) in [6.07, 6.45) is 1.83. The summed E-state index contributed by atoms with van der Waals surface area (Å²) in [5.41, 5.74) is 0. The predicted octanol–water partition coefficient (Wildman–Crippen LogP) is 1.89. The third-order valence-electron chi connectivity index (χ3n) is 3.95. The second-order valence-electron chi connectivity index (χ2n) is 5.08. The second-order valence-corrected chi connectivity index (χ2v) is 5.39.